The number of piperidine rings is 1. The number of aliphatic hydroxyl groups excluding tert-OH is 1. The number of rotatable bonds is 37. The summed E-state index contributed by atoms with van der Waals surface area (Å²) in [6.07, 6.45) is 2.74. The molecule has 1 aromatic rings. The number of aromatic hydroxyl groups is 1. The molecule has 81 heavy (non-hydrogen) atoms. The van der Waals surface area contributed by atoms with Gasteiger partial charge in [-0.2, -0.15) is 0 Å². The molecule has 0 saturated carbocycles. The summed E-state index contributed by atoms with van der Waals surface area (Å²) in [6.45, 7) is 16.5. The lowest BCUT2D eigenvalue weighted by Crippen LogP contribution is -2.59. The van der Waals surface area contributed by atoms with Gasteiger partial charge < -0.3 is 64.8 Å². The molecule has 2 heterocycles. The van der Waals surface area contributed by atoms with Crippen LogP contribution >= 0.6 is 11.8 Å². The molecule has 1 fully saturated rings. The van der Waals surface area contributed by atoms with E-state index in [9.17, 15) is 43.8 Å². The fourth-order valence-electron chi connectivity index (χ4n) is 9.35. The fraction of sp³-hybridized carbons (Fsp3) is 0.724. The number of hydrogen-bond donors (Lipinski definition) is 6. The van der Waals surface area contributed by atoms with E-state index in [0.717, 1.165) is 24.9 Å². The normalized spacial score (nSPS) is 18.4. The number of hydrogen-bond acceptors (Lipinski definition) is 19. The first-order valence-corrected chi connectivity index (χ1v) is 29.7. The molecule has 3 unspecified atom stereocenters. The number of nitrogens with one attached hydrogen (secondary N) is 4. The molecule has 0 spiro atoms. The molecular formula is C58H94N6O16S. The van der Waals surface area contributed by atoms with Crippen LogP contribution in [0.4, 0.5) is 0 Å². The van der Waals surface area contributed by atoms with Crippen LogP contribution in [-0.2, 0) is 73.2 Å². The summed E-state index contributed by atoms with van der Waals surface area (Å²) in [6, 6.07) is 3.85. The highest BCUT2D eigenvalue weighted by Crippen LogP contribution is 2.31. The van der Waals surface area contributed by atoms with E-state index in [0.29, 0.717) is 25.7 Å². The van der Waals surface area contributed by atoms with Gasteiger partial charge in [0.05, 0.1) is 31.3 Å². The Kier molecular flexibility index (Phi) is 31.8. The lowest BCUT2D eigenvalue weighted by molar-refractivity contribution is -0.194. The number of aliphatic hydroxyl groups is 1. The third-order valence-electron chi connectivity index (χ3n) is 14.4. The Morgan fingerprint density at radius 3 is 2.22 bits per heavy atom. The molecule has 22 nitrogen and oxygen atoms in total. The van der Waals surface area contributed by atoms with Gasteiger partial charge in [0.15, 0.2) is 13.0 Å². The van der Waals surface area contributed by atoms with Crippen LogP contribution in [0.25, 0.3) is 0 Å². The monoisotopic (exact) mass is 1160 g/mol. The second-order valence-electron chi connectivity index (χ2n) is 21.9. The number of phenolic OH excluding ortho intramolecular Hbond substituents is 1. The Labute approximate surface area is 483 Å². The van der Waals surface area contributed by atoms with E-state index >= 15 is 4.79 Å². The zero-order chi connectivity index (χ0) is 60.2. The molecule has 1 saturated heterocycles. The number of phenols is 1. The Morgan fingerprint density at radius 1 is 0.889 bits per heavy atom. The predicted molar refractivity (Wildman–Crippen MR) is 304 cm³/mol. The van der Waals surface area contributed by atoms with E-state index in [1.807, 2.05) is 60.4 Å². The van der Waals surface area contributed by atoms with Crippen molar-refractivity contribution in [3.8, 4) is 5.75 Å². The standard InChI is InChI=1S/C58H94N6O16S/c1-12-38(7)53(62-55(72)46-18-14-15-26-63(46)10)57(73)64(35-78-51(70)28-36(3)4)47(37(5)6)31-48(79-40(9)66)56-61-45(34-81-56)54(71)60-42(30-41-21-23-43(67)24-22-41)29-39(8)58(74)76-27-17-25-59-49(68)19-16-20-50(69)77-33-52(75-11)80-44(13-2)32-65/h21-24,34,36-39,42,44,46-48,52-53,56,61,65,67H,12-20,25-33,35H2,1-11H3,(H,59,68)(H,60,71)(H,62,72)/t38-,39-,42+,44?,46+,47+,48+,52?,53-,56?/m0/s1. The number of methoxy groups -OCH3 is 1. The van der Waals surface area contributed by atoms with Crippen LogP contribution in [0, 0.1) is 23.7 Å². The third-order valence-corrected chi connectivity index (χ3v) is 15.4. The van der Waals surface area contributed by atoms with Crippen molar-refractivity contribution < 1.29 is 77.0 Å². The number of likely N-dealkylation sites (tertiary alicyclic amines) is 1. The van der Waals surface area contributed by atoms with Crippen LogP contribution in [0.1, 0.15) is 145 Å². The van der Waals surface area contributed by atoms with Crippen molar-refractivity contribution in [2.75, 3.05) is 53.8 Å². The van der Waals surface area contributed by atoms with Gasteiger partial charge in [0.2, 0.25) is 17.7 Å². The number of carbonyl (C=O) groups is 8. The predicted octanol–water partition coefficient (Wildman–Crippen LogP) is 5.21. The maximum Gasteiger partial charge on any atom is 0.308 e. The molecule has 3 rings (SSSR count). The largest absolute Gasteiger partial charge is 0.508 e. The van der Waals surface area contributed by atoms with Gasteiger partial charge in [-0.05, 0) is 94.0 Å². The molecule has 458 valence electrons. The number of likely N-dealkylation sites (N-methyl/N-ethyl adjacent to an activating group) is 1. The van der Waals surface area contributed by atoms with Gasteiger partial charge in [-0.25, -0.2) is 0 Å². The van der Waals surface area contributed by atoms with E-state index in [-0.39, 0.29) is 112 Å². The molecule has 23 heteroatoms. The van der Waals surface area contributed by atoms with Crippen molar-refractivity contribution in [3.63, 3.8) is 0 Å². The van der Waals surface area contributed by atoms with Crippen molar-refractivity contribution in [2.24, 2.45) is 23.7 Å². The average molecular weight is 1160 g/mol. The summed E-state index contributed by atoms with van der Waals surface area (Å²) >= 11 is 1.22. The maximum atomic E-state index is 15.0. The van der Waals surface area contributed by atoms with Gasteiger partial charge in [0.25, 0.3) is 5.91 Å². The smallest absolute Gasteiger partial charge is 0.308 e. The van der Waals surface area contributed by atoms with Crippen molar-refractivity contribution in [3.05, 3.63) is 40.9 Å². The lowest BCUT2D eigenvalue weighted by atomic mass is 9.92. The quantitative estimate of drug-likeness (QED) is 0.0216. The Hall–Kier alpha value is -5.49. The van der Waals surface area contributed by atoms with Crippen LogP contribution in [0.15, 0.2) is 35.4 Å². The van der Waals surface area contributed by atoms with E-state index in [2.05, 4.69) is 21.3 Å². The zero-order valence-electron chi connectivity index (χ0n) is 49.7. The second-order valence-corrected chi connectivity index (χ2v) is 23.0. The molecular weight excluding hydrogens is 1070 g/mol. The molecule has 0 aromatic heterocycles. The van der Waals surface area contributed by atoms with Crippen molar-refractivity contribution in [1.29, 1.82) is 0 Å². The summed E-state index contributed by atoms with van der Waals surface area (Å²) in [5, 5.41) is 32.3. The first-order valence-electron chi connectivity index (χ1n) is 28.7. The van der Waals surface area contributed by atoms with Crippen LogP contribution in [-0.4, -0.2) is 169 Å². The summed E-state index contributed by atoms with van der Waals surface area (Å²) in [5.74, 6) is -4.78. The summed E-state index contributed by atoms with van der Waals surface area (Å²) in [4.78, 5) is 110. The number of carbonyl (C=O) groups excluding carboxylic acids is 8. The first-order chi connectivity index (χ1) is 38.5. The summed E-state index contributed by atoms with van der Waals surface area (Å²) < 4.78 is 33.2. The lowest BCUT2D eigenvalue weighted by Gasteiger charge is -2.40. The van der Waals surface area contributed by atoms with Crippen molar-refractivity contribution in [2.45, 2.75) is 194 Å². The van der Waals surface area contributed by atoms with E-state index < -0.39 is 96.4 Å². The minimum Gasteiger partial charge on any atom is -0.508 e. The van der Waals surface area contributed by atoms with Crippen LogP contribution in [0.2, 0.25) is 0 Å². The first kappa shape index (κ1) is 69.8. The molecule has 0 bridgehead atoms. The molecule has 10 atom stereocenters. The topological polar surface area (TPSA) is 287 Å². The number of amides is 4. The van der Waals surface area contributed by atoms with Crippen LogP contribution < -0.4 is 21.3 Å². The maximum absolute atomic E-state index is 15.0. The second kappa shape index (κ2) is 36.9. The molecule has 6 N–H and O–H groups in total. The molecule has 4 amide bonds. The highest BCUT2D eigenvalue weighted by molar-refractivity contribution is 8.03. The van der Waals surface area contributed by atoms with Gasteiger partial charge >= 0.3 is 23.9 Å². The molecule has 2 aliphatic rings. The van der Waals surface area contributed by atoms with Gasteiger partial charge in [-0.3, -0.25) is 43.3 Å². The van der Waals surface area contributed by atoms with E-state index in [1.165, 1.54) is 42.8 Å². The highest BCUT2D eigenvalue weighted by atomic mass is 32.2. The zero-order valence-corrected chi connectivity index (χ0v) is 50.5. The van der Waals surface area contributed by atoms with Crippen LogP contribution in [0.5, 0.6) is 5.75 Å². The minimum absolute atomic E-state index is 0.000353. The Bertz CT molecular complexity index is 2180. The summed E-state index contributed by atoms with van der Waals surface area (Å²) in [5.41, 5.74) is 0.949. The summed E-state index contributed by atoms with van der Waals surface area (Å²) in [7, 11) is 3.30. The van der Waals surface area contributed by atoms with E-state index in [4.69, 9.17) is 28.4 Å². The van der Waals surface area contributed by atoms with Gasteiger partial charge in [0, 0.05) is 63.8 Å². The number of thioether (sulfide) groups is 1. The fourth-order valence-corrected chi connectivity index (χ4v) is 10.3. The van der Waals surface area contributed by atoms with Gasteiger partial charge in [-0.15, -0.1) is 11.8 Å². The third kappa shape index (κ3) is 25.3. The average Bonchev–Trinajstić information content (AvgIpc) is 3.93. The van der Waals surface area contributed by atoms with Crippen molar-refractivity contribution >= 4 is 59.3 Å². The molecule has 2 aliphatic heterocycles. The Balaban J connectivity index is 1.68. The van der Waals surface area contributed by atoms with Gasteiger partial charge in [-0.1, -0.05) is 80.4 Å². The Morgan fingerprint density at radius 2 is 1.60 bits per heavy atom. The molecule has 1 aromatic carbocycles. The number of esters is 4. The number of ether oxygens (including phenoxy) is 6. The minimum atomic E-state index is -0.954. The number of benzene rings is 1. The van der Waals surface area contributed by atoms with E-state index in [1.54, 1.807) is 24.5 Å². The number of nitrogens with zero attached hydrogens (tertiary/aromatic N) is 2. The SMILES string of the molecule is CCC(CO)OC(COC(=O)CCCC(=O)NCCCOC(=O)[C@@H](C)C[C@H](Cc1ccc(O)cc1)NC(=O)C1=CSC([C@@H](C[C@H](C(C)C)N(COC(=O)CC(C)C)C(=O)[C@@H](NC(=O)[C@H]2CCCCN2C)[C@@H](C)CC)OC(C)=O)N1)OC. The van der Waals surface area contributed by atoms with Crippen LogP contribution in [0.3, 0.4) is 0 Å². The highest BCUT2D eigenvalue weighted by Gasteiger charge is 2.41. The molecule has 0 aliphatic carbocycles. The molecule has 0 radical (unpaired) electrons. The van der Waals surface area contributed by atoms with Gasteiger partial charge in [0.1, 0.15) is 35.6 Å². The van der Waals surface area contributed by atoms with Crippen molar-refractivity contribution in [1.82, 2.24) is 31.1 Å².